The highest BCUT2D eigenvalue weighted by Crippen LogP contribution is 2.15. The van der Waals surface area contributed by atoms with Gasteiger partial charge in [0.2, 0.25) is 0 Å². The van der Waals surface area contributed by atoms with Gasteiger partial charge in [-0.05, 0) is 43.5 Å². The van der Waals surface area contributed by atoms with E-state index in [1.54, 1.807) is 17.0 Å². The third-order valence-electron chi connectivity index (χ3n) is 4.75. The van der Waals surface area contributed by atoms with E-state index in [1.807, 2.05) is 0 Å². The predicted molar refractivity (Wildman–Crippen MR) is 95.3 cm³/mol. The van der Waals surface area contributed by atoms with Gasteiger partial charge in [-0.15, -0.1) is 0 Å². The molecule has 0 aromatic heterocycles. The summed E-state index contributed by atoms with van der Waals surface area (Å²) < 4.78 is 32.0. The van der Waals surface area contributed by atoms with Crippen molar-refractivity contribution < 1.29 is 33.9 Å². The molecular formula is C19H29F2NO5. The number of aliphatic hydroxyl groups is 4. The fraction of sp³-hybridized carbons (Fsp3) is 0.684. The second kappa shape index (κ2) is 11.0. The van der Waals surface area contributed by atoms with Crippen LogP contribution in [-0.4, -0.2) is 82.2 Å². The molecule has 154 valence electrons. The van der Waals surface area contributed by atoms with Gasteiger partial charge in [-0.3, -0.25) is 4.90 Å². The third kappa shape index (κ3) is 7.40. The van der Waals surface area contributed by atoms with Gasteiger partial charge in [0.15, 0.2) is 0 Å². The van der Waals surface area contributed by atoms with Gasteiger partial charge in [0, 0.05) is 13.1 Å². The van der Waals surface area contributed by atoms with Gasteiger partial charge in [0.25, 0.3) is 0 Å². The number of hydrogen-bond acceptors (Lipinski definition) is 6. The van der Waals surface area contributed by atoms with Crippen molar-refractivity contribution in [1.29, 1.82) is 0 Å². The van der Waals surface area contributed by atoms with Gasteiger partial charge in [-0.25, -0.2) is 8.78 Å². The maximum absolute atomic E-state index is 13.9. The van der Waals surface area contributed by atoms with Gasteiger partial charge >= 0.3 is 0 Å². The van der Waals surface area contributed by atoms with Crippen LogP contribution in [0.2, 0.25) is 0 Å². The number of rotatable bonds is 9. The topological polar surface area (TPSA) is 93.4 Å². The van der Waals surface area contributed by atoms with Gasteiger partial charge in [0.1, 0.15) is 24.2 Å². The number of halogens is 2. The number of ether oxygens (including phenoxy) is 1. The van der Waals surface area contributed by atoms with E-state index in [0.29, 0.717) is 25.8 Å². The fourth-order valence-electron chi connectivity index (χ4n) is 3.13. The fourth-order valence-corrected chi connectivity index (χ4v) is 3.13. The Bertz CT molecular complexity index is 531. The molecule has 27 heavy (non-hydrogen) atoms. The van der Waals surface area contributed by atoms with Gasteiger partial charge in [0.05, 0.1) is 25.4 Å². The highest BCUT2D eigenvalue weighted by atomic mass is 19.1. The Kier molecular flexibility index (Phi) is 9.01. The lowest BCUT2D eigenvalue weighted by Crippen LogP contribution is -2.43. The second-order valence-corrected chi connectivity index (χ2v) is 7.11. The van der Waals surface area contributed by atoms with Crippen LogP contribution in [0.1, 0.15) is 24.8 Å². The van der Waals surface area contributed by atoms with Gasteiger partial charge in [-0.2, -0.15) is 0 Å². The smallest absolute Gasteiger partial charge is 0.123 e. The highest BCUT2D eigenvalue weighted by molar-refractivity contribution is 5.14. The maximum Gasteiger partial charge on any atom is 0.123 e. The summed E-state index contributed by atoms with van der Waals surface area (Å²) in [5, 5.41) is 39.0. The van der Waals surface area contributed by atoms with Gasteiger partial charge in [-0.1, -0.05) is 12.1 Å². The van der Waals surface area contributed by atoms with Crippen molar-refractivity contribution in [2.75, 3.05) is 26.2 Å². The summed E-state index contributed by atoms with van der Waals surface area (Å²) in [6.07, 6.45) is -4.53. The minimum absolute atomic E-state index is 0.0308. The van der Waals surface area contributed by atoms with E-state index in [-0.39, 0.29) is 32.1 Å². The van der Waals surface area contributed by atoms with Crippen molar-refractivity contribution in [3.05, 3.63) is 35.6 Å². The number of benzene rings is 1. The summed E-state index contributed by atoms with van der Waals surface area (Å²) >= 11 is 0. The summed E-state index contributed by atoms with van der Waals surface area (Å²) in [6, 6.07) is 5.86. The van der Waals surface area contributed by atoms with Crippen LogP contribution in [0, 0.1) is 5.82 Å². The zero-order chi connectivity index (χ0) is 19.8. The molecule has 0 amide bonds. The van der Waals surface area contributed by atoms with E-state index in [0.717, 1.165) is 5.56 Å². The quantitative estimate of drug-likeness (QED) is 0.463. The average molecular weight is 389 g/mol. The van der Waals surface area contributed by atoms with Crippen molar-refractivity contribution >= 4 is 0 Å². The first-order valence-corrected chi connectivity index (χ1v) is 9.27. The van der Waals surface area contributed by atoms with E-state index >= 15 is 0 Å². The van der Waals surface area contributed by atoms with Crippen LogP contribution in [0.4, 0.5) is 8.78 Å². The van der Waals surface area contributed by atoms with Crippen molar-refractivity contribution in [2.24, 2.45) is 0 Å². The molecule has 0 spiro atoms. The summed E-state index contributed by atoms with van der Waals surface area (Å²) in [7, 11) is 0. The molecule has 1 aliphatic heterocycles. The van der Waals surface area contributed by atoms with Crippen LogP contribution < -0.4 is 0 Å². The lowest BCUT2D eigenvalue weighted by atomic mass is 10.1. The first kappa shape index (κ1) is 22.1. The molecule has 1 aromatic carbocycles. The average Bonchev–Trinajstić information content (AvgIpc) is 2.73. The van der Waals surface area contributed by atoms with E-state index in [1.165, 1.54) is 12.1 Å². The second-order valence-electron chi connectivity index (χ2n) is 7.11. The molecule has 0 bridgehead atoms. The standard InChI is InChI=1S/C19H29F2NO5/c20-14-6-4-13(5-7-14)11-27-12-15(21)3-1-2-8-22-9-16(23)18(25)19(26)17(24)10-22/h4-7,15-19,23-26H,1-3,8-12H2/t15?,16-,17-,18+,19+/m0/s1. The molecule has 2 rings (SSSR count). The Morgan fingerprint density at radius 3 is 2.19 bits per heavy atom. The molecule has 1 saturated heterocycles. The van der Waals surface area contributed by atoms with Crippen LogP contribution in [-0.2, 0) is 11.3 Å². The largest absolute Gasteiger partial charge is 0.389 e. The Labute approximate surface area is 158 Å². The number of alkyl halides is 1. The Hall–Kier alpha value is -1.16. The molecule has 1 aromatic rings. The monoisotopic (exact) mass is 389 g/mol. The molecule has 0 aliphatic carbocycles. The Morgan fingerprint density at radius 1 is 1.00 bits per heavy atom. The van der Waals surface area contributed by atoms with E-state index in [4.69, 9.17) is 4.74 Å². The summed E-state index contributed by atoms with van der Waals surface area (Å²) in [5.74, 6) is -0.324. The van der Waals surface area contributed by atoms with E-state index < -0.39 is 30.6 Å². The zero-order valence-corrected chi connectivity index (χ0v) is 15.3. The minimum atomic E-state index is -1.38. The van der Waals surface area contributed by atoms with Crippen LogP contribution in [0.5, 0.6) is 0 Å². The number of likely N-dealkylation sites (tertiary alicyclic amines) is 1. The van der Waals surface area contributed by atoms with Crippen molar-refractivity contribution in [3.63, 3.8) is 0 Å². The molecule has 1 heterocycles. The molecule has 0 saturated carbocycles. The normalized spacial score (nSPS) is 28.1. The number of nitrogens with zero attached hydrogens (tertiary/aromatic N) is 1. The highest BCUT2D eigenvalue weighted by Gasteiger charge is 2.35. The van der Waals surface area contributed by atoms with Crippen LogP contribution in [0.25, 0.3) is 0 Å². The van der Waals surface area contributed by atoms with Crippen LogP contribution >= 0.6 is 0 Å². The Balaban J connectivity index is 1.59. The first-order valence-electron chi connectivity index (χ1n) is 9.27. The van der Waals surface area contributed by atoms with Gasteiger partial charge < -0.3 is 25.2 Å². The maximum atomic E-state index is 13.9. The van der Waals surface area contributed by atoms with Crippen LogP contribution in [0.3, 0.4) is 0 Å². The molecule has 4 N–H and O–H groups in total. The molecule has 6 nitrogen and oxygen atoms in total. The van der Waals surface area contributed by atoms with Crippen molar-refractivity contribution in [2.45, 2.75) is 56.5 Å². The van der Waals surface area contributed by atoms with Crippen LogP contribution in [0.15, 0.2) is 24.3 Å². The predicted octanol–water partition coefficient (Wildman–Crippen LogP) is 0.610. The Morgan fingerprint density at radius 2 is 1.59 bits per heavy atom. The molecule has 1 fully saturated rings. The number of aliphatic hydroxyl groups excluding tert-OH is 4. The lowest BCUT2D eigenvalue weighted by Gasteiger charge is -2.23. The third-order valence-corrected chi connectivity index (χ3v) is 4.75. The summed E-state index contributed by atoms with van der Waals surface area (Å²) in [6.45, 7) is 1.02. The van der Waals surface area contributed by atoms with E-state index in [9.17, 15) is 29.2 Å². The van der Waals surface area contributed by atoms with E-state index in [2.05, 4.69) is 0 Å². The molecule has 1 unspecified atom stereocenters. The first-order chi connectivity index (χ1) is 12.9. The summed E-state index contributed by atoms with van der Waals surface area (Å²) in [5.41, 5.74) is 0.784. The zero-order valence-electron chi connectivity index (χ0n) is 15.3. The number of β-amino-alcohol motifs (C(OH)–C–C–N with tert-alkyl or cyclic N) is 2. The molecule has 5 atom stereocenters. The minimum Gasteiger partial charge on any atom is -0.389 e. The lowest BCUT2D eigenvalue weighted by molar-refractivity contribution is -0.0894. The molecule has 8 heteroatoms. The number of hydrogen-bond donors (Lipinski definition) is 4. The molecular weight excluding hydrogens is 360 g/mol. The van der Waals surface area contributed by atoms with Crippen molar-refractivity contribution in [3.8, 4) is 0 Å². The SMILES string of the molecule is O[C@H]1[C@H](O)[C@@H](O)CN(CCCCC(F)COCc2ccc(F)cc2)C[C@@H]1O. The number of unbranched alkanes of at least 4 members (excludes halogenated alkanes) is 1. The molecule has 0 radical (unpaired) electrons. The summed E-state index contributed by atoms with van der Waals surface area (Å²) in [4.78, 5) is 1.76. The molecule has 1 aliphatic rings. The van der Waals surface area contributed by atoms with Crippen molar-refractivity contribution in [1.82, 2.24) is 4.90 Å².